The predicted molar refractivity (Wildman–Crippen MR) is 84.5 cm³/mol. The lowest BCUT2D eigenvalue weighted by molar-refractivity contribution is -0.385. The van der Waals surface area contributed by atoms with Crippen molar-refractivity contribution in [3.63, 3.8) is 0 Å². The molecule has 9 heteroatoms. The first-order valence-electron chi connectivity index (χ1n) is 8.09. The Bertz CT molecular complexity index is 696. The molecule has 0 bridgehead atoms. The van der Waals surface area contributed by atoms with Crippen molar-refractivity contribution in [2.45, 2.75) is 25.7 Å². The minimum absolute atomic E-state index is 0.0710. The van der Waals surface area contributed by atoms with Crippen LogP contribution in [-0.2, 0) is 9.53 Å². The molecule has 0 radical (unpaired) electrons. The normalized spacial score (nSPS) is 16.2. The molecule has 1 aromatic rings. The van der Waals surface area contributed by atoms with Gasteiger partial charge < -0.3 is 19.1 Å². The van der Waals surface area contributed by atoms with Crippen LogP contribution in [0.2, 0.25) is 0 Å². The Hall–Kier alpha value is -2.84. The van der Waals surface area contributed by atoms with Crippen molar-refractivity contribution in [1.82, 2.24) is 4.90 Å². The summed E-state index contributed by atoms with van der Waals surface area (Å²) in [6.45, 7) is 0.768. The monoisotopic (exact) mass is 350 g/mol. The summed E-state index contributed by atoms with van der Waals surface area (Å²) in [7, 11) is 0. The fourth-order valence-electron chi connectivity index (χ4n) is 2.86. The molecule has 1 amide bonds. The van der Waals surface area contributed by atoms with Crippen LogP contribution in [0, 0.1) is 10.1 Å². The number of carbonyl (C=O) groups excluding carboxylic acids is 2. The van der Waals surface area contributed by atoms with Gasteiger partial charge in [0.15, 0.2) is 18.1 Å². The zero-order chi connectivity index (χ0) is 17.8. The summed E-state index contributed by atoms with van der Waals surface area (Å²) in [5, 5.41) is 11.2. The van der Waals surface area contributed by atoms with Gasteiger partial charge in [0.2, 0.25) is 6.79 Å². The van der Waals surface area contributed by atoms with E-state index in [-0.39, 0.29) is 29.8 Å². The molecule has 1 aromatic carbocycles. The maximum atomic E-state index is 12.2. The van der Waals surface area contributed by atoms with E-state index < -0.39 is 23.2 Å². The molecule has 134 valence electrons. The van der Waals surface area contributed by atoms with Crippen LogP contribution in [-0.4, -0.2) is 48.2 Å². The van der Waals surface area contributed by atoms with Gasteiger partial charge in [-0.05, 0) is 12.8 Å². The number of carbonyl (C=O) groups is 2. The topological polar surface area (TPSA) is 108 Å². The van der Waals surface area contributed by atoms with Gasteiger partial charge in [-0.15, -0.1) is 0 Å². The number of amides is 1. The van der Waals surface area contributed by atoms with E-state index in [1.807, 2.05) is 0 Å². The summed E-state index contributed by atoms with van der Waals surface area (Å²) in [6.07, 6.45) is 4.00. The average Bonchev–Trinajstić information content (AvgIpc) is 2.89. The summed E-state index contributed by atoms with van der Waals surface area (Å²) in [4.78, 5) is 36.5. The largest absolute Gasteiger partial charge is 0.454 e. The average molecular weight is 350 g/mol. The summed E-state index contributed by atoms with van der Waals surface area (Å²) >= 11 is 0. The predicted octanol–water partition coefficient (Wildman–Crippen LogP) is 1.88. The zero-order valence-corrected chi connectivity index (χ0v) is 13.6. The first kappa shape index (κ1) is 17.0. The number of ether oxygens (including phenoxy) is 3. The van der Waals surface area contributed by atoms with Crippen molar-refractivity contribution >= 4 is 17.6 Å². The van der Waals surface area contributed by atoms with Gasteiger partial charge in [0, 0.05) is 19.2 Å². The van der Waals surface area contributed by atoms with Gasteiger partial charge in [-0.25, -0.2) is 4.79 Å². The molecule has 1 saturated heterocycles. The minimum Gasteiger partial charge on any atom is -0.454 e. The molecule has 0 aliphatic carbocycles. The molecular formula is C16H18N2O7. The van der Waals surface area contributed by atoms with E-state index in [9.17, 15) is 19.7 Å². The lowest BCUT2D eigenvalue weighted by atomic mass is 10.1. The second-order valence-corrected chi connectivity index (χ2v) is 5.85. The Morgan fingerprint density at radius 3 is 2.40 bits per heavy atom. The maximum absolute atomic E-state index is 12.2. The number of benzene rings is 1. The van der Waals surface area contributed by atoms with Crippen LogP contribution in [0.3, 0.4) is 0 Å². The van der Waals surface area contributed by atoms with E-state index in [0.29, 0.717) is 13.1 Å². The smallest absolute Gasteiger partial charge is 0.345 e. The molecule has 2 aliphatic rings. The summed E-state index contributed by atoms with van der Waals surface area (Å²) in [5.41, 5.74) is -0.714. The van der Waals surface area contributed by atoms with Crippen molar-refractivity contribution in [2.24, 2.45) is 0 Å². The standard InChI is InChI=1S/C16H18N2O7/c19-15(17-5-3-1-2-4-6-17)9-23-16(20)11-7-13-14(25-10-24-13)8-12(11)18(21)22/h7-8H,1-6,9-10H2. The highest BCUT2D eigenvalue weighted by Gasteiger charge is 2.29. The number of likely N-dealkylation sites (tertiary alicyclic amines) is 1. The van der Waals surface area contributed by atoms with Crippen LogP contribution in [0.4, 0.5) is 5.69 Å². The first-order chi connectivity index (χ1) is 12.1. The highest BCUT2D eigenvalue weighted by Crippen LogP contribution is 2.38. The number of fused-ring (bicyclic) bond motifs is 1. The molecule has 0 N–H and O–H groups in total. The number of hydrogen-bond acceptors (Lipinski definition) is 7. The summed E-state index contributed by atoms with van der Waals surface area (Å²) < 4.78 is 15.2. The van der Waals surface area contributed by atoms with Crippen LogP contribution in [0.15, 0.2) is 12.1 Å². The number of rotatable bonds is 4. The third-order valence-electron chi connectivity index (χ3n) is 4.19. The molecule has 0 atom stereocenters. The highest BCUT2D eigenvalue weighted by atomic mass is 16.7. The lowest BCUT2D eigenvalue weighted by Gasteiger charge is -2.19. The van der Waals surface area contributed by atoms with Gasteiger partial charge >= 0.3 is 5.97 Å². The van der Waals surface area contributed by atoms with Gasteiger partial charge in [0.05, 0.1) is 11.0 Å². The van der Waals surface area contributed by atoms with Crippen molar-refractivity contribution in [1.29, 1.82) is 0 Å². The van der Waals surface area contributed by atoms with Gasteiger partial charge in [-0.2, -0.15) is 0 Å². The fourth-order valence-corrected chi connectivity index (χ4v) is 2.86. The number of nitro groups is 1. The Kier molecular flexibility index (Phi) is 5.01. The molecule has 9 nitrogen and oxygen atoms in total. The summed E-state index contributed by atoms with van der Waals surface area (Å²) in [5.74, 6) is -0.799. The molecule has 0 saturated carbocycles. The van der Waals surface area contributed by atoms with E-state index in [1.165, 1.54) is 6.07 Å². The van der Waals surface area contributed by atoms with Crippen molar-refractivity contribution in [3.8, 4) is 11.5 Å². The van der Waals surface area contributed by atoms with Crippen LogP contribution in [0.25, 0.3) is 0 Å². The van der Waals surface area contributed by atoms with Crippen LogP contribution in [0.1, 0.15) is 36.0 Å². The lowest BCUT2D eigenvalue weighted by Crippen LogP contribution is -2.35. The van der Waals surface area contributed by atoms with Gasteiger partial charge in [-0.3, -0.25) is 14.9 Å². The third-order valence-corrected chi connectivity index (χ3v) is 4.19. The molecule has 1 fully saturated rings. The Balaban J connectivity index is 1.68. The summed E-state index contributed by atoms with van der Waals surface area (Å²) in [6, 6.07) is 2.33. The van der Waals surface area contributed by atoms with Crippen LogP contribution < -0.4 is 9.47 Å². The van der Waals surface area contributed by atoms with Gasteiger partial charge in [-0.1, -0.05) is 12.8 Å². The molecule has 25 heavy (non-hydrogen) atoms. The number of nitrogens with zero attached hydrogens (tertiary/aromatic N) is 2. The second-order valence-electron chi connectivity index (χ2n) is 5.85. The molecular weight excluding hydrogens is 332 g/mol. The Morgan fingerprint density at radius 2 is 1.76 bits per heavy atom. The van der Waals surface area contributed by atoms with Crippen molar-refractivity contribution in [3.05, 3.63) is 27.8 Å². The quantitative estimate of drug-likeness (QED) is 0.463. The van der Waals surface area contributed by atoms with Crippen molar-refractivity contribution in [2.75, 3.05) is 26.5 Å². The first-order valence-corrected chi connectivity index (χ1v) is 8.09. The van der Waals surface area contributed by atoms with Crippen LogP contribution >= 0.6 is 0 Å². The zero-order valence-electron chi connectivity index (χ0n) is 13.6. The van der Waals surface area contributed by atoms with E-state index in [0.717, 1.165) is 31.7 Å². The third kappa shape index (κ3) is 3.81. The van der Waals surface area contributed by atoms with E-state index in [2.05, 4.69) is 0 Å². The molecule has 2 heterocycles. The molecule has 2 aliphatic heterocycles. The minimum atomic E-state index is -0.937. The van der Waals surface area contributed by atoms with E-state index in [4.69, 9.17) is 14.2 Å². The van der Waals surface area contributed by atoms with Crippen molar-refractivity contribution < 1.29 is 28.7 Å². The molecule has 3 rings (SSSR count). The Morgan fingerprint density at radius 1 is 1.12 bits per heavy atom. The highest BCUT2D eigenvalue weighted by molar-refractivity contribution is 5.96. The number of nitro benzene ring substituents is 1. The maximum Gasteiger partial charge on any atom is 0.345 e. The van der Waals surface area contributed by atoms with Crippen LogP contribution in [0.5, 0.6) is 11.5 Å². The van der Waals surface area contributed by atoms with E-state index in [1.54, 1.807) is 4.90 Å². The Labute approximate surface area is 143 Å². The fraction of sp³-hybridized carbons (Fsp3) is 0.500. The second kappa shape index (κ2) is 7.37. The molecule has 0 unspecified atom stereocenters. The molecule has 0 aromatic heterocycles. The van der Waals surface area contributed by atoms with Gasteiger partial charge in [0.25, 0.3) is 11.6 Å². The van der Waals surface area contributed by atoms with Gasteiger partial charge in [0.1, 0.15) is 5.56 Å². The molecule has 0 spiro atoms. The van der Waals surface area contributed by atoms with E-state index >= 15 is 0 Å². The SMILES string of the molecule is O=C(OCC(=O)N1CCCCCC1)c1cc2c(cc1[N+](=O)[O-])OCO2. The number of hydrogen-bond donors (Lipinski definition) is 0. The number of esters is 1.